The van der Waals surface area contributed by atoms with Gasteiger partial charge in [0.15, 0.2) is 0 Å². The maximum atomic E-state index is 11.6. The molecule has 1 N–H and O–H groups in total. The molecular weight excluding hydrogens is 252 g/mol. The zero-order chi connectivity index (χ0) is 14.1. The normalized spacial score (nSPS) is 16.5. The number of benzene rings is 1. The van der Waals surface area contributed by atoms with Crippen LogP contribution >= 0.6 is 0 Å². The molecule has 1 aromatic heterocycles. The number of hydrogen-bond acceptors (Lipinski definition) is 3. The lowest BCUT2D eigenvalue weighted by Gasteiger charge is -2.11. The molecule has 100 valence electrons. The predicted molar refractivity (Wildman–Crippen MR) is 73.5 cm³/mol. The molecule has 4 heteroatoms. The Morgan fingerprint density at radius 3 is 3.05 bits per heavy atom. The van der Waals surface area contributed by atoms with Crippen LogP contribution in [0.25, 0.3) is 0 Å². The molecule has 0 aliphatic heterocycles. The lowest BCUT2D eigenvalue weighted by Crippen LogP contribution is -2.03. The van der Waals surface area contributed by atoms with Gasteiger partial charge in [0.1, 0.15) is 5.69 Å². The van der Waals surface area contributed by atoms with Crippen LogP contribution < -0.4 is 0 Å². The van der Waals surface area contributed by atoms with Crippen LogP contribution in [0.15, 0.2) is 30.3 Å². The van der Waals surface area contributed by atoms with Crippen molar-refractivity contribution < 1.29 is 9.53 Å². The molecule has 2 aromatic rings. The highest BCUT2D eigenvalue weighted by Gasteiger charge is 2.28. The number of fused-ring (bicyclic) bond motifs is 1. The Hall–Kier alpha value is -2.54. The molecule has 0 bridgehead atoms. The Morgan fingerprint density at radius 1 is 1.45 bits per heavy atom. The van der Waals surface area contributed by atoms with Crippen LogP contribution in [0.1, 0.15) is 45.2 Å². The lowest BCUT2D eigenvalue weighted by atomic mass is 9.95. The number of rotatable bonds is 2. The smallest absolute Gasteiger partial charge is 0.354 e. The van der Waals surface area contributed by atoms with Crippen LogP contribution in [-0.2, 0) is 11.2 Å². The van der Waals surface area contributed by atoms with Gasteiger partial charge in [-0.1, -0.05) is 12.1 Å². The van der Waals surface area contributed by atoms with Gasteiger partial charge in [-0.15, -0.1) is 0 Å². The molecule has 0 fully saturated rings. The van der Waals surface area contributed by atoms with Crippen molar-refractivity contribution in [3.63, 3.8) is 0 Å². The van der Waals surface area contributed by atoms with Crippen LogP contribution in [0.3, 0.4) is 0 Å². The number of carbonyl (C=O) groups is 1. The number of H-pyrrole nitrogens is 1. The lowest BCUT2D eigenvalue weighted by molar-refractivity contribution is 0.0594. The van der Waals surface area contributed by atoms with Crippen molar-refractivity contribution in [1.82, 2.24) is 4.98 Å². The van der Waals surface area contributed by atoms with E-state index >= 15 is 0 Å². The van der Waals surface area contributed by atoms with Gasteiger partial charge in [-0.3, -0.25) is 0 Å². The number of hydrogen-bond donors (Lipinski definition) is 1. The van der Waals surface area contributed by atoms with Gasteiger partial charge in [0.25, 0.3) is 0 Å². The number of nitrogens with one attached hydrogen (secondary N) is 1. The molecule has 0 saturated carbocycles. The molecule has 4 nitrogen and oxygen atoms in total. The van der Waals surface area contributed by atoms with Crippen molar-refractivity contribution in [1.29, 1.82) is 5.26 Å². The highest BCUT2D eigenvalue weighted by atomic mass is 16.5. The summed E-state index contributed by atoms with van der Waals surface area (Å²) in [5, 5.41) is 8.99. The van der Waals surface area contributed by atoms with Crippen molar-refractivity contribution in [2.75, 3.05) is 7.11 Å². The number of carbonyl (C=O) groups excluding carboxylic acids is 1. The van der Waals surface area contributed by atoms with Gasteiger partial charge in [0.2, 0.25) is 0 Å². The molecule has 1 aliphatic carbocycles. The van der Waals surface area contributed by atoms with Crippen LogP contribution in [0.5, 0.6) is 0 Å². The van der Waals surface area contributed by atoms with Gasteiger partial charge in [-0.05, 0) is 42.2 Å². The first kappa shape index (κ1) is 12.5. The molecule has 0 spiro atoms. The Labute approximate surface area is 117 Å². The van der Waals surface area contributed by atoms with Crippen molar-refractivity contribution in [2.24, 2.45) is 0 Å². The average Bonchev–Trinajstić information content (AvgIpc) is 3.06. The summed E-state index contributed by atoms with van der Waals surface area (Å²) in [5.74, 6) is -0.124. The van der Waals surface area contributed by atoms with E-state index in [0.29, 0.717) is 11.3 Å². The minimum atomic E-state index is -0.344. The summed E-state index contributed by atoms with van der Waals surface area (Å²) in [4.78, 5) is 14.7. The fourth-order valence-corrected chi connectivity index (χ4v) is 2.85. The van der Waals surface area contributed by atoms with E-state index in [1.165, 1.54) is 7.11 Å². The third-order valence-corrected chi connectivity index (χ3v) is 3.81. The summed E-state index contributed by atoms with van der Waals surface area (Å²) >= 11 is 0. The number of methoxy groups -OCH3 is 1. The maximum absolute atomic E-state index is 11.6. The molecule has 20 heavy (non-hydrogen) atoms. The van der Waals surface area contributed by atoms with E-state index in [0.717, 1.165) is 29.7 Å². The van der Waals surface area contributed by atoms with Gasteiger partial charge < -0.3 is 9.72 Å². The number of nitrogens with zero attached hydrogens (tertiary/aromatic N) is 1. The molecule has 1 aliphatic rings. The van der Waals surface area contributed by atoms with Crippen molar-refractivity contribution in [3.05, 3.63) is 58.4 Å². The summed E-state index contributed by atoms with van der Waals surface area (Å²) in [5.41, 5.74) is 4.51. The molecule has 1 atom stereocenters. The van der Waals surface area contributed by atoms with Crippen molar-refractivity contribution >= 4 is 5.97 Å². The van der Waals surface area contributed by atoms with E-state index in [1.807, 2.05) is 24.3 Å². The second-order valence-corrected chi connectivity index (χ2v) is 4.94. The van der Waals surface area contributed by atoms with Gasteiger partial charge in [0, 0.05) is 11.6 Å². The largest absolute Gasteiger partial charge is 0.464 e. The fraction of sp³-hybridized carbons (Fsp3) is 0.250. The molecule has 3 rings (SSSR count). The Balaban J connectivity index is 1.98. The highest BCUT2D eigenvalue weighted by molar-refractivity contribution is 5.88. The molecule has 1 unspecified atom stereocenters. The summed E-state index contributed by atoms with van der Waals surface area (Å²) < 4.78 is 4.74. The van der Waals surface area contributed by atoms with Crippen LogP contribution in [0.4, 0.5) is 0 Å². The second kappa shape index (κ2) is 4.86. The summed E-state index contributed by atoms with van der Waals surface area (Å²) in [6.07, 6.45) is 1.93. The van der Waals surface area contributed by atoms with E-state index < -0.39 is 0 Å². The first-order valence-electron chi connectivity index (χ1n) is 6.53. The standard InChI is InChI=1S/C16H14N2O2/c1-20-16(19)14-8-12-5-6-13(15(12)18-14)11-4-2-3-10(7-11)9-17/h2-4,7-8,13,18H,5-6H2,1H3. The third-order valence-electron chi connectivity index (χ3n) is 3.81. The topological polar surface area (TPSA) is 65.9 Å². The molecular formula is C16H14N2O2. The number of nitriles is 1. The average molecular weight is 266 g/mol. The van der Waals surface area contributed by atoms with Crippen LogP contribution in [-0.4, -0.2) is 18.1 Å². The molecule has 0 amide bonds. The predicted octanol–water partition coefficient (Wildman–Crippen LogP) is 2.75. The molecule has 0 saturated heterocycles. The van der Waals surface area contributed by atoms with Gasteiger partial charge in [-0.2, -0.15) is 5.26 Å². The van der Waals surface area contributed by atoms with Gasteiger partial charge in [-0.25, -0.2) is 4.79 Å². The minimum Gasteiger partial charge on any atom is -0.464 e. The van der Waals surface area contributed by atoms with Crippen LogP contribution in [0.2, 0.25) is 0 Å². The van der Waals surface area contributed by atoms with Crippen molar-refractivity contribution in [3.8, 4) is 6.07 Å². The summed E-state index contributed by atoms with van der Waals surface area (Å²) in [7, 11) is 1.38. The van der Waals surface area contributed by atoms with E-state index in [2.05, 4.69) is 11.1 Å². The highest BCUT2D eigenvalue weighted by Crippen LogP contribution is 2.38. The maximum Gasteiger partial charge on any atom is 0.354 e. The van der Waals surface area contributed by atoms with Crippen molar-refractivity contribution in [2.45, 2.75) is 18.8 Å². The quantitative estimate of drug-likeness (QED) is 0.850. The number of aromatic amines is 1. The number of esters is 1. The minimum absolute atomic E-state index is 0.219. The summed E-state index contributed by atoms with van der Waals surface area (Å²) in [6.45, 7) is 0. The first-order valence-corrected chi connectivity index (χ1v) is 6.53. The number of aryl methyl sites for hydroxylation is 1. The van der Waals surface area contributed by atoms with Gasteiger partial charge >= 0.3 is 5.97 Å². The molecule has 1 aromatic carbocycles. The SMILES string of the molecule is COC(=O)c1cc2c([nH]1)C(c1cccc(C#N)c1)CC2. The molecule has 0 radical (unpaired) electrons. The van der Waals surface area contributed by atoms with E-state index in [4.69, 9.17) is 10.00 Å². The van der Waals surface area contributed by atoms with E-state index in [1.54, 1.807) is 6.07 Å². The molecule has 1 heterocycles. The Kier molecular flexibility index (Phi) is 3.03. The Bertz CT molecular complexity index is 710. The zero-order valence-electron chi connectivity index (χ0n) is 11.1. The summed E-state index contributed by atoms with van der Waals surface area (Å²) in [6, 6.07) is 11.7. The van der Waals surface area contributed by atoms with E-state index in [-0.39, 0.29) is 11.9 Å². The van der Waals surface area contributed by atoms with Crippen LogP contribution in [0, 0.1) is 11.3 Å². The second-order valence-electron chi connectivity index (χ2n) is 4.94. The van der Waals surface area contributed by atoms with Gasteiger partial charge in [0.05, 0.1) is 18.7 Å². The first-order chi connectivity index (χ1) is 9.72. The monoisotopic (exact) mass is 266 g/mol. The third kappa shape index (κ3) is 1.97. The number of ether oxygens (including phenoxy) is 1. The number of aromatic nitrogens is 1. The zero-order valence-corrected chi connectivity index (χ0v) is 11.1. The fourth-order valence-electron chi connectivity index (χ4n) is 2.85. The van der Waals surface area contributed by atoms with E-state index in [9.17, 15) is 4.79 Å². The Morgan fingerprint density at radius 2 is 2.30 bits per heavy atom.